The van der Waals surface area contributed by atoms with Crippen LogP contribution in [0.25, 0.3) is 10.9 Å². The number of imide groups is 1. The molecule has 3 amide bonds. The minimum Gasteiger partial charge on any atom is -0.361 e. The molecule has 3 heterocycles. The Labute approximate surface area is 196 Å². The average Bonchev–Trinajstić information content (AvgIpc) is 3.40. The summed E-state index contributed by atoms with van der Waals surface area (Å²) in [6, 6.07) is 14.5. The fraction of sp³-hybridized carbons (Fsp3) is 0.250. The van der Waals surface area contributed by atoms with Crippen LogP contribution in [0.15, 0.2) is 64.7 Å². The van der Waals surface area contributed by atoms with Crippen molar-refractivity contribution in [2.75, 3.05) is 20.6 Å². The molecule has 0 aliphatic carbocycles. The first-order valence-electron chi connectivity index (χ1n) is 10.7. The molecule has 1 aromatic heterocycles. The Hall–Kier alpha value is -3.65. The highest BCUT2D eigenvalue weighted by Gasteiger charge is 2.48. The van der Waals surface area contributed by atoms with Gasteiger partial charge in [0, 0.05) is 49.3 Å². The fourth-order valence-electron chi connectivity index (χ4n) is 4.28. The van der Waals surface area contributed by atoms with E-state index in [4.69, 9.17) is 16.6 Å². The van der Waals surface area contributed by atoms with Crippen molar-refractivity contribution in [2.45, 2.75) is 19.0 Å². The molecule has 1 fully saturated rings. The highest BCUT2D eigenvalue weighted by Crippen LogP contribution is 2.26. The number of nitrogens with zero attached hydrogens (tertiary/aromatic N) is 5. The molecule has 0 spiro atoms. The number of guanidine groups is 1. The highest BCUT2D eigenvalue weighted by atomic mass is 35.5. The minimum absolute atomic E-state index is 0.312. The summed E-state index contributed by atoms with van der Waals surface area (Å²) < 4.78 is 0. The molecular weight excluding hydrogens is 440 g/mol. The zero-order chi connectivity index (χ0) is 23.1. The number of fused-ring (bicyclic) bond motifs is 2. The number of amides is 3. The standard InChI is InChI=1S/C24H23ClN6O2/c1-29-21-20(22(32)30(2)24(29)33)31(14-15-7-9-17(25)10-8-15)23(28-21)26-12-11-16-13-27-19-6-4-3-5-18(16)19/h3-10,13,20,27H,11-12,14H2,1-2H3. The molecule has 5 rings (SSSR count). The van der Waals surface area contributed by atoms with Crippen molar-refractivity contribution in [1.82, 2.24) is 19.7 Å². The van der Waals surface area contributed by atoms with Gasteiger partial charge in [0.2, 0.25) is 5.96 Å². The van der Waals surface area contributed by atoms with Crippen molar-refractivity contribution in [1.29, 1.82) is 0 Å². The maximum Gasteiger partial charge on any atom is 0.331 e. The summed E-state index contributed by atoms with van der Waals surface area (Å²) >= 11 is 6.04. The van der Waals surface area contributed by atoms with E-state index < -0.39 is 12.1 Å². The molecule has 9 heteroatoms. The fourth-order valence-corrected chi connectivity index (χ4v) is 4.40. The number of nitrogens with one attached hydrogen (secondary N) is 1. The minimum atomic E-state index is -0.694. The smallest absolute Gasteiger partial charge is 0.331 e. The maximum atomic E-state index is 13.0. The third kappa shape index (κ3) is 3.76. The van der Waals surface area contributed by atoms with Gasteiger partial charge in [-0.3, -0.25) is 19.6 Å². The number of para-hydroxylation sites is 1. The molecule has 2 aromatic carbocycles. The molecule has 1 saturated heterocycles. The summed E-state index contributed by atoms with van der Waals surface area (Å²) in [5.41, 5.74) is 3.23. The number of aromatic amines is 1. The van der Waals surface area contributed by atoms with Crippen LogP contribution in [-0.2, 0) is 17.8 Å². The van der Waals surface area contributed by atoms with E-state index in [-0.39, 0.29) is 5.91 Å². The van der Waals surface area contributed by atoms with E-state index in [1.54, 1.807) is 7.05 Å². The van der Waals surface area contributed by atoms with Crippen LogP contribution in [0.4, 0.5) is 4.79 Å². The Bertz CT molecular complexity index is 1300. The lowest BCUT2D eigenvalue weighted by molar-refractivity contribution is -0.130. The quantitative estimate of drug-likeness (QED) is 0.629. The number of rotatable bonds is 5. The molecule has 2 aliphatic rings. The van der Waals surface area contributed by atoms with E-state index in [0.717, 1.165) is 22.4 Å². The lowest BCUT2D eigenvalue weighted by Crippen LogP contribution is -2.62. The number of amidine groups is 1. The number of aromatic nitrogens is 1. The lowest BCUT2D eigenvalue weighted by atomic mass is 10.1. The summed E-state index contributed by atoms with van der Waals surface area (Å²) in [4.78, 5) is 42.6. The molecule has 1 unspecified atom stereocenters. The Kier molecular flexibility index (Phi) is 5.38. The molecule has 1 N–H and O–H groups in total. The third-order valence-electron chi connectivity index (χ3n) is 6.09. The molecule has 3 aromatic rings. The Balaban J connectivity index is 1.44. The third-order valence-corrected chi connectivity index (χ3v) is 6.34. The number of likely N-dealkylation sites (N-methyl/N-ethyl adjacent to an activating group) is 2. The molecule has 1 atom stereocenters. The van der Waals surface area contributed by atoms with E-state index in [1.165, 1.54) is 22.9 Å². The van der Waals surface area contributed by atoms with Gasteiger partial charge < -0.3 is 9.88 Å². The van der Waals surface area contributed by atoms with Crippen molar-refractivity contribution in [3.05, 3.63) is 70.9 Å². The largest absolute Gasteiger partial charge is 0.361 e. The zero-order valence-corrected chi connectivity index (χ0v) is 19.1. The number of carbonyl (C=O) groups excluding carboxylic acids is 2. The molecule has 0 bridgehead atoms. The molecule has 2 aliphatic heterocycles. The monoisotopic (exact) mass is 462 g/mol. The number of hydrogen-bond donors (Lipinski definition) is 1. The lowest BCUT2D eigenvalue weighted by Gasteiger charge is -2.36. The van der Waals surface area contributed by atoms with Crippen molar-refractivity contribution in [3.63, 3.8) is 0 Å². The van der Waals surface area contributed by atoms with E-state index >= 15 is 0 Å². The van der Waals surface area contributed by atoms with Gasteiger partial charge in [0.05, 0.1) is 0 Å². The van der Waals surface area contributed by atoms with Gasteiger partial charge in [-0.2, -0.15) is 4.99 Å². The van der Waals surface area contributed by atoms with E-state index in [1.807, 2.05) is 53.6 Å². The number of H-pyrrole nitrogens is 1. The molecule has 0 saturated carbocycles. The van der Waals surface area contributed by atoms with Crippen LogP contribution in [0.3, 0.4) is 0 Å². The predicted octanol–water partition coefficient (Wildman–Crippen LogP) is 3.53. The Morgan fingerprint density at radius 3 is 2.61 bits per heavy atom. The summed E-state index contributed by atoms with van der Waals surface area (Å²) in [6.07, 6.45) is 2.72. The predicted molar refractivity (Wildman–Crippen MR) is 128 cm³/mol. The molecule has 0 radical (unpaired) electrons. The van der Waals surface area contributed by atoms with Crippen LogP contribution in [0, 0.1) is 0 Å². The number of aliphatic imine (C=N–C) groups is 2. The number of urea groups is 1. The van der Waals surface area contributed by atoms with E-state index in [2.05, 4.69) is 16.0 Å². The van der Waals surface area contributed by atoms with Crippen LogP contribution in [0.1, 0.15) is 11.1 Å². The zero-order valence-electron chi connectivity index (χ0n) is 18.3. The summed E-state index contributed by atoms with van der Waals surface area (Å²) in [7, 11) is 3.12. The van der Waals surface area contributed by atoms with Crippen molar-refractivity contribution >= 4 is 46.2 Å². The van der Waals surface area contributed by atoms with Crippen LogP contribution >= 0.6 is 11.6 Å². The summed E-state index contributed by atoms with van der Waals surface area (Å²) in [6.45, 7) is 0.919. The second-order valence-corrected chi connectivity index (χ2v) is 8.59. The van der Waals surface area contributed by atoms with Crippen LogP contribution < -0.4 is 0 Å². The number of carbonyl (C=O) groups is 2. The van der Waals surface area contributed by atoms with Gasteiger partial charge >= 0.3 is 6.03 Å². The topological polar surface area (TPSA) is 84.4 Å². The van der Waals surface area contributed by atoms with Gasteiger partial charge in [-0.25, -0.2) is 4.79 Å². The maximum absolute atomic E-state index is 13.0. The van der Waals surface area contributed by atoms with Gasteiger partial charge in [-0.05, 0) is 35.7 Å². The Morgan fingerprint density at radius 1 is 1.06 bits per heavy atom. The van der Waals surface area contributed by atoms with Gasteiger partial charge in [-0.15, -0.1) is 0 Å². The molecular formula is C24H23ClN6O2. The first-order chi connectivity index (χ1) is 15.9. The number of halogens is 1. The summed E-state index contributed by atoms with van der Waals surface area (Å²) in [5, 5.41) is 1.81. The normalized spacial score (nSPS) is 19.6. The SMILES string of the molecule is CN1C(=O)C2C(=NC(=NCCc3c[nH]c4ccccc34)N2Cc2ccc(Cl)cc2)N(C)C1=O. The van der Waals surface area contributed by atoms with Crippen LogP contribution in [0.5, 0.6) is 0 Å². The van der Waals surface area contributed by atoms with E-state index in [0.29, 0.717) is 29.9 Å². The van der Waals surface area contributed by atoms with Gasteiger partial charge in [0.15, 0.2) is 6.04 Å². The highest BCUT2D eigenvalue weighted by molar-refractivity contribution is 6.30. The first-order valence-corrected chi connectivity index (χ1v) is 11.1. The van der Waals surface area contributed by atoms with Crippen LogP contribution in [-0.4, -0.2) is 70.1 Å². The van der Waals surface area contributed by atoms with Crippen molar-refractivity contribution < 1.29 is 9.59 Å². The number of benzene rings is 2. The first kappa shape index (κ1) is 21.2. The molecule has 8 nitrogen and oxygen atoms in total. The van der Waals surface area contributed by atoms with Gasteiger partial charge in [-0.1, -0.05) is 41.9 Å². The molecule has 168 valence electrons. The second-order valence-electron chi connectivity index (χ2n) is 8.16. The summed E-state index contributed by atoms with van der Waals surface area (Å²) in [5.74, 6) is 0.545. The second kappa shape index (κ2) is 8.37. The Morgan fingerprint density at radius 2 is 1.82 bits per heavy atom. The van der Waals surface area contributed by atoms with Crippen molar-refractivity contribution in [3.8, 4) is 0 Å². The van der Waals surface area contributed by atoms with Gasteiger partial charge in [0.25, 0.3) is 5.91 Å². The van der Waals surface area contributed by atoms with Crippen LogP contribution in [0.2, 0.25) is 5.02 Å². The number of hydrogen-bond acceptors (Lipinski definition) is 3. The van der Waals surface area contributed by atoms with Crippen molar-refractivity contribution in [2.24, 2.45) is 9.98 Å². The molecule has 33 heavy (non-hydrogen) atoms. The average molecular weight is 463 g/mol. The van der Waals surface area contributed by atoms with Gasteiger partial charge in [0.1, 0.15) is 5.84 Å². The van der Waals surface area contributed by atoms with E-state index in [9.17, 15) is 9.59 Å².